The number of nitrogens with one attached hydrogen (secondary N) is 1. The molecule has 2 aliphatic heterocycles. The van der Waals surface area contributed by atoms with Gasteiger partial charge in [-0.15, -0.1) is 11.8 Å². The molecule has 192 valence electrons. The number of hydrogen-bond donors (Lipinski definition) is 1. The largest absolute Gasteiger partial charge is 0.454 e. The number of nitrogens with zero attached hydrogens (tertiary/aromatic N) is 2. The molecule has 2 fully saturated rings. The van der Waals surface area contributed by atoms with Gasteiger partial charge in [-0.25, -0.2) is 21.9 Å². The maximum Gasteiger partial charge on any atom is 0.330 e. The molecular formula is C23H23ClFN3O6S2. The number of thioether (sulfide) groups is 1. The van der Waals surface area contributed by atoms with E-state index in [1.54, 1.807) is 12.1 Å². The summed E-state index contributed by atoms with van der Waals surface area (Å²) in [5.41, 5.74) is 0.876. The standard InChI is InChI=1S/C23H23ClFN3O6S2/c1-27(2)36(32,33)19-11-16(7-8-17(19)24)26-20(29)12-34-22(31)18-13-35-23(10-9-21(30)28(18)23)14-3-5-15(25)6-4-14/h3-8,11,18H,9-10,12-13H2,1-2H3,(H,26,29). The van der Waals surface area contributed by atoms with Gasteiger partial charge >= 0.3 is 5.97 Å². The fourth-order valence-corrected chi connectivity index (χ4v) is 7.26. The first-order valence-corrected chi connectivity index (χ1v) is 13.7. The number of hydrogen-bond acceptors (Lipinski definition) is 7. The first kappa shape index (κ1) is 26.4. The Morgan fingerprint density at radius 2 is 1.94 bits per heavy atom. The number of carbonyl (C=O) groups is 3. The number of ether oxygens (including phenoxy) is 1. The molecule has 2 saturated heterocycles. The minimum absolute atomic E-state index is 0.00761. The number of anilines is 1. The number of amides is 2. The first-order valence-electron chi connectivity index (χ1n) is 10.9. The molecule has 4 rings (SSSR count). The zero-order valence-corrected chi connectivity index (χ0v) is 21.8. The van der Waals surface area contributed by atoms with E-state index >= 15 is 0 Å². The maximum absolute atomic E-state index is 13.4. The molecule has 0 radical (unpaired) electrons. The van der Waals surface area contributed by atoms with E-state index in [9.17, 15) is 27.2 Å². The average molecular weight is 556 g/mol. The van der Waals surface area contributed by atoms with E-state index in [4.69, 9.17) is 16.3 Å². The van der Waals surface area contributed by atoms with Gasteiger partial charge in [-0.3, -0.25) is 9.59 Å². The lowest BCUT2D eigenvalue weighted by atomic mass is 10.0. The second-order valence-electron chi connectivity index (χ2n) is 8.47. The van der Waals surface area contributed by atoms with Crippen LogP contribution in [0.15, 0.2) is 47.4 Å². The minimum Gasteiger partial charge on any atom is -0.454 e. The van der Waals surface area contributed by atoms with Crippen LogP contribution in [0.25, 0.3) is 0 Å². The third-order valence-corrected chi connectivity index (χ3v) is 9.91. The van der Waals surface area contributed by atoms with Crippen molar-refractivity contribution in [1.82, 2.24) is 9.21 Å². The van der Waals surface area contributed by atoms with Crippen LogP contribution in [0.1, 0.15) is 18.4 Å². The SMILES string of the molecule is CN(C)S(=O)(=O)c1cc(NC(=O)COC(=O)C2CSC3(c4ccc(F)cc4)CCC(=O)N23)ccc1Cl. The highest BCUT2D eigenvalue weighted by molar-refractivity contribution is 8.00. The van der Waals surface area contributed by atoms with Crippen LogP contribution in [0, 0.1) is 5.82 Å². The van der Waals surface area contributed by atoms with Gasteiger partial charge in [0.2, 0.25) is 15.9 Å². The molecule has 2 unspecified atom stereocenters. The third kappa shape index (κ3) is 4.82. The number of esters is 1. The molecular weight excluding hydrogens is 533 g/mol. The lowest BCUT2D eigenvalue weighted by molar-refractivity contribution is -0.155. The summed E-state index contributed by atoms with van der Waals surface area (Å²) in [6.07, 6.45) is 0.713. The third-order valence-electron chi connectivity index (χ3n) is 6.01. The molecule has 2 atom stereocenters. The summed E-state index contributed by atoms with van der Waals surface area (Å²) in [4.78, 5) is 38.4. The second-order valence-corrected chi connectivity index (χ2v) is 12.3. The summed E-state index contributed by atoms with van der Waals surface area (Å²) in [6, 6.07) is 8.91. The number of carbonyl (C=O) groups excluding carboxylic acids is 3. The van der Waals surface area contributed by atoms with Gasteiger partial charge in [-0.05, 0) is 42.3 Å². The quantitative estimate of drug-likeness (QED) is 0.523. The molecule has 2 aliphatic rings. The topological polar surface area (TPSA) is 113 Å². The van der Waals surface area contributed by atoms with Crippen molar-refractivity contribution in [3.8, 4) is 0 Å². The summed E-state index contributed by atoms with van der Waals surface area (Å²) >= 11 is 7.43. The molecule has 2 heterocycles. The summed E-state index contributed by atoms with van der Waals surface area (Å²) in [5.74, 6) is -1.77. The Kier molecular flexibility index (Phi) is 7.33. The molecule has 0 bridgehead atoms. The second kappa shape index (κ2) is 10.0. The van der Waals surface area contributed by atoms with Crippen LogP contribution in [0.5, 0.6) is 0 Å². The van der Waals surface area contributed by atoms with Gasteiger partial charge in [0.1, 0.15) is 21.6 Å². The Bertz CT molecular complexity index is 1320. The molecule has 36 heavy (non-hydrogen) atoms. The van der Waals surface area contributed by atoms with Crippen LogP contribution >= 0.6 is 23.4 Å². The first-order chi connectivity index (χ1) is 17.0. The van der Waals surface area contributed by atoms with E-state index in [-0.39, 0.29) is 33.7 Å². The molecule has 0 saturated carbocycles. The molecule has 0 aliphatic carbocycles. The van der Waals surface area contributed by atoms with Crippen molar-refractivity contribution in [1.29, 1.82) is 0 Å². The van der Waals surface area contributed by atoms with Gasteiger partial charge < -0.3 is 15.0 Å². The van der Waals surface area contributed by atoms with Crippen LogP contribution in [0.2, 0.25) is 5.02 Å². The van der Waals surface area contributed by atoms with Gasteiger partial charge in [-0.2, -0.15) is 0 Å². The van der Waals surface area contributed by atoms with Gasteiger partial charge in [0, 0.05) is 32.0 Å². The number of fused-ring (bicyclic) bond motifs is 1. The van der Waals surface area contributed by atoms with Crippen molar-refractivity contribution < 1.29 is 31.9 Å². The minimum atomic E-state index is -3.84. The molecule has 2 amide bonds. The Balaban J connectivity index is 1.42. The van der Waals surface area contributed by atoms with E-state index in [1.165, 1.54) is 61.1 Å². The Hall–Kier alpha value is -2.67. The predicted octanol–water partition coefficient (Wildman–Crippen LogP) is 2.80. The molecule has 1 N–H and O–H groups in total. The van der Waals surface area contributed by atoms with Crippen LogP contribution in [0.4, 0.5) is 10.1 Å². The summed E-state index contributed by atoms with van der Waals surface area (Å²) < 4.78 is 44.5. The van der Waals surface area contributed by atoms with Crippen molar-refractivity contribution >= 4 is 56.9 Å². The van der Waals surface area contributed by atoms with E-state index in [0.717, 1.165) is 9.87 Å². The van der Waals surface area contributed by atoms with Crippen molar-refractivity contribution in [3.05, 3.63) is 58.9 Å². The number of halogens is 2. The Labute approximate surface area is 217 Å². The van der Waals surface area contributed by atoms with Crippen molar-refractivity contribution in [2.24, 2.45) is 0 Å². The normalized spacial score (nSPS) is 21.5. The fourth-order valence-electron chi connectivity index (χ4n) is 4.23. The lowest BCUT2D eigenvalue weighted by Gasteiger charge is -2.33. The molecule has 2 aromatic carbocycles. The van der Waals surface area contributed by atoms with E-state index in [1.807, 2.05) is 0 Å². The van der Waals surface area contributed by atoms with Crippen LogP contribution < -0.4 is 5.32 Å². The zero-order valence-electron chi connectivity index (χ0n) is 19.4. The summed E-state index contributed by atoms with van der Waals surface area (Å²) in [6.45, 7) is -0.635. The Morgan fingerprint density at radius 3 is 2.61 bits per heavy atom. The van der Waals surface area contributed by atoms with Gasteiger partial charge in [-0.1, -0.05) is 23.7 Å². The van der Waals surface area contributed by atoms with E-state index < -0.39 is 45.2 Å². The molecule has 9 nitrogen and oxygen atoms in total. The molecule has 2 aromatic rings. The van der Waals surface area contributed by atoms with Crippen molar-refractivity contribution in [2.75, 3.05) is 31.8 Å². The van der Waals surface area contributed by atoms with Crippen LogP contribution in [0.3, 0.4) is 0 Å². The monoisotopic (exact) mass is 555 g/mol. The molecule has 0 spiro atoms. The summed E-state index contributed by atoms with van der Waals surface area (Å²) in [5, 5.41) is 2.47. The fraction of sp³-hybridized carbons (Fsp3) is 0.348. The molecule has 13 heteroatoms. The number of sulfonamides is 1. The van der Waals surface area contributed by atoms with Gasteiger partial charge in [0.05, 0.1) is 5.02 Å². The number of benzene rings is 2. The van der Waals surface area contributed by atoms with E-state index in [0.29, 0.717) is 6.42 Å². The highest BCUT2D eigenvalue weighted by Gasteiger charge is 2.57. The van der Waals surface area contributed by atoms with Gasteiger partial charge in [0.25, 0.3) is 5.91 Å². The smallest absolute Gasteiger partial charge is 0.330 e. The van der Waals surface area contributed by atoms with Crippen LogP contribution in [-0.4, -0.2) is 67.9 Å². The maximum atomic E-state index is 13.4. The highest BCUT2D eigenvalue weighted by atomic mass is 35.5. The van der Waals surface area contributed by atoms with Crippen molar-refractivity contribution in [3.63, 3.8) is 0 Å². The average Bonchev–Trinajstić information content (AvgIpc) is 3.38. The van der Waals surface area contributed by atoms with Crippen molar-refractivity contribution in [2.45, 2.75) is 28.6 Å². The number of rotatable bonds is 7. The highest BCUT2D eigenvalue weighted by Crippen LogP contribution is 2.54. The predicted molar refractivity (Wildman–Crippen MR) is 132 cm³/mol. The van der Waals surface area contributed by atoms with Gasteiger partial charge in [0.15, 0.2) is 6.61 Å². The zero-order chi connectivity index (χ0) is 26.3. The van der Waals surface area contributed by atoms with E-state index in [2.05, 4.69) is 5.32 Å². The van der Waals surface area contributed by atoms with Crippen LogP contribution in [-0.2, 0) is 34.0 Å². The summed E-state index contributed by atoms with van der Waals surface area (Å²) in [7, 11) is -1.13. The lowest BCUT2D eigenvalue weighted by Crippen LogP contribution is -2.47. The molecule has 0 aromatic heterocycles. The Morgan fingerprint density at radius 1 is 1.25 bits per heavy atom.